The number of carbonyl (C=O) groups is 4. The molecule has 0 spiro atoms. The highest BCUT2D eigenvalue weighted by Crippen LogP contribution is 2.52. The molecule has 1 unspecified atom stereocenters. The summed E-state index contributed by atoms with van der Waals surface area (Å²) in [5.41, 5.74) is 2.85. The van der Waals surface area contributed by atoms with Crippen LogP contribution in [0, 0.1) is 11.3 Å². The van der Waals surface area contributed by atoms with Crippen molar-refractivity contribution in [3.8, 4) is 5.75 Å². The fourth-order valence-electron chi connectivity index (χ4n) is 7.16. The third kappa shape index (κ3) is 4.07. The Hall–Kier alpha value is -3.10. The summed E-state index contributed by atoms with van der Waals surface area (Å²) in [5.74, 6) is 0.562. The number of nitrogens with one attached hydrogen (secondary N) is 1. The number of fused-ring (bicyclic) bond motifs is 4. The fraction of sp³-hybridized carbons (Fsp3) is 0.643. The zero-order chi connectivity index (χ0) is 25.9. The van der Waals surface area contributed by atoms with Crippen LogP contribution in [0.5, 0.6) is 5.75 Å². The molecule has 4 heterocycles. The van der Waals surface area contributed by atoms with Gasteiger partial charge in [-0.1, -0.05) is 26.7 Å². The normalized spacial score (nSPS) is 26.6. The van der Waals surface area contributed by atoms with Crippen LogP contribution in [0.15, 0.2) is 12.1 Å². The van der Waals surface area contributed by atoms with E-state index in [-0.39, 0.29) is 30.2 Å². The summed E-state index contributed by atoms with van der Waals surface area (Å²) in [6.07, 6.45) is 5.98. The third-order valence-electron chi connectivity index (χ3n) is 9.59. The summed E-state index contributed by atoms with van der Waals surface area (Å²) < 4.78 is 6.11. The Morgan fingerprint density at radius 2 is 1.89 bits per heavy atom. The largest absolute Gasteiger partial charge is 0.489 e. The highest BCUT2D eigenvalue weighted by atomic mass is 16.5. The maximum Gasteiger partial charge on any atom is 0.255 e. The minimum atomic E-state index is -0.631. The molecule has 9 heteroatoms. The van der Waals surface area contributed by atoms with Gasteiger partial charge in [0.05, 0.1) is 11.7 Å². The monoisotopic (exact) mass is 508 g/mol. The van der Waals surface area contributed by atoms with Crippen molar-refractivity contribution in [2.75, 3.05) is 31.1 Å². The Balaban J connectivity index is 1.12. The van der Waals surface area contributed by atoms with Gasteiger partial charge in [-0.25, -0.2) is 0 Å². The molecule has 1 aromatic carbocycles. The number of benzene rings is 1. The predicted molar refractivity (Wildman–Crippen MR) is 136 cm³/mol. The fourth-order valence-corrected chi connectivity index (χ4v) is 7.16. The van der Waals surface area contributed by atoms with Crippen LogP contribution in [-0.2, 0) is 20.9 Å². The van der Waals surface area contributed by atoms with Crippen molar-refractivity contribution < 1.29 is 23.9 Å². The molecule has 2 atom stereocenters. The number of rotatable bonds is 5. The van der Waals surface area contributed by atoms with Crippen molar-refractivity contribution in [1.29, 1.82) is 0 Å². The van der Waals surface area contributed by atoms with Gasteiger partial charge >= 0.3 is 0 Å². The second-order valence-electron chi connectivity index (χ2n) is 11.6. The van der Waals surface area contributed by atoms with Crippen LogP contribution in [-0.4, -0.2) is 71.8 Å². The van der Waals surface area contributed by atoms with Gasteiger partial charge in [-0.2, -0.15) is 0 Å². The summed E-state index contributed by atoms with van der Waals surface area (Å²) in [5, 5.41) is 2.35. The number of carbonyl (C=O) groups excluding carboxylic acids is 4. The van der Waals surface area contributed by atoms with Crippen LogP contribution in [0.25, 0.3) is 0 Å². The maximum atomic E-state index is 13.2. The van der Waals surface area contributed by atoms with Gasteiger partial charge in [0, 0.05) is 44.6 Å². The molecule has 1 aromatic rings. The number of piperidine rings is 1. The van der Waals surface area contributed by atoms with Crippen LogP contribution in [0.2, 0.25) is 0 Å². The second kappa shape index (κ2) is 9.03. The first-order valence-electron chi connectivity index (χ1n) is 13.8. The van der Waals surface area contributed by atoms with E-state index in [4.69, 9.17) is 4.74 Å². The number of nitrogens with zero attached hydrogens (tertiary/aromatic N) is 3. The number of piperazine rings is 1. The quantitative estimate of drug-likeness (QED) is 0.614. The SMILES string of the molecule is CCC1(CC)CC(CC(=O)N2CCN3c4cc5c(cc4OC[C@@H]3C2)C(=O)N(C2CCC(=O)NC2=O)C5)C1. The number of hydrogen-bond donors (Lipinski definition) is 1. The molecule has 0 radical (unpaired) electrons. The Morgan fingerprint density at radius 1 is 1.11 bits per heavy atom. The Morgan fingerprint density at radius 3 is 2.62 bits per heavy atom. The van der Waals surface area contributed by atoms with Crippen molar-refractivity contribution in [2.45, 2.75) is 77.4 Å². The van der Waals surface area contributed by atoms with Gasteiger partial charge in [-0.05, 0) is 48.3 Å². The van der Waals surface area contributed by atoms with Gasteiger partial charge in [0.15, 0.2) is 0 Å². The molecule has 1 saturated carbocycles. The van der Waals surface area contributed by atoms with Gasteiger partial charge in [0.1, 0.15) is 18.4 Å². The van der Waals surface area contributed by atoms with E-state index in [1.165, 1.54) is 25.7 Å². The summed E-state index contributed by atoms with van der Waals surface area (Å²) in [7, 11) is 0. The van der Waals surface area contributed by atoms with Crippen LogP contribution in [0.4, 0.5) is 5.69 Å². The second-order valence-corrected chi connectivity index (χ2v) is 11.6. The van der Waals surface area contributed by atoms with Gasteiger partial charge in [-0.15, -0.1) is 0 Å². The van der Waals surface area contributed by atoms with Crippen molar-refractivity contribution in [3.05, 3.63) is 23.3 Å². The van der Waals surface area contributed by atoms with Crippen molar-refractivity contribution >= 4 is 29.3 Å². The first-order valence-corrected chi connectivity index (χ1v) is 13.8. The molecular weight excluding hydrogens is 472 g/mol. The Kier molecular flexibility index (Phi) is 5.92. The molecule has 1 aliphatic carbocycles. The van der Waals surface area contributed by atoms with Gasteiger partial charge in [0.2, 0.25) is 17.7 Å². The number of amides is 4. The molecule has 2 saturated heterocycles. The van der Waals surface area contributed by atoms with Crippen LogP contribution in [0.1, 0.15) is 74.7 Å². The predicted octanol–water partition coefficient (Wildman–Crippen LogP) is 2.46. The van der Waals surface area contributed by atoms with E-state index in [9.17, 15) is 19.2 Å². The molecule has 1 N–H and O–H groups in total. The van der Waals surface area contributed by atoms with E-state index in [1.807, 2.05) is 11.0 Å². The lowest BCUT2D eigenvalue weighted by Gasteiger charge is -2.49. The van der Waals surface area contributed by atoms with Gasteiger partial charge < -0.3 is 19.4 Å². The smallest absolute Gasteiger partial charge is 0.255 e. The summed E-state index contributed by atoms with van der Waals surface area (Å²) in [6, 6.07) is 3.27. The maximum absolute atomic E-state index is 13.2. The Bertz CT molecular complexity index is 1150. The number of imide groups is 1. The van der Waals surface area contributed by atoms with Gasteiger partial charge in [-0.3, -0.25) is 24.5 Å². The third-order valence-corrected chi connectivity index (χ3v) is 9.59. The number of anilines is 1. The van der Waals surface area contributed by atoms with E-state index >= 15 is 0 Å². The van der Waals surface area contributed by atoms with Gasteiger partial charge in [0.25, 0.3) is 5.91 Å². The average Bonchev–Trinajstić information content (AvgIpc) is 3.19. The molecule has 5 aliphatic rings. The zero-order valence-corrected chi connectivity index (χ0v) is 21.8. The number of hydrogen-bond acceptors (Lipinski definition) is 6. The highest BCUT2D eigenvalue weighted by molar-refractivity contribution is 6.06. The first-order chi connectivity index (χ1) is 17.8. The molecule has 4 amide bonds. The van der Waals surface area contributed by atoms with Crippen LogP contribution in [0.3, 0.4) is 0 Å². The molecule has 37 heavy (non-hydrogen) atoms. The standard InChI is InChI=1S/C28H36N4O5/c1-3-28(4-2)12-17(13-28)9-25(34)30-7-8-31-19(15-30)16-37-23-11-20-18(10-22(23)31)14-32(27(20)36)21-5-6-24(33)29-26(21)35/h10-11,17,19,21H,3-9,12-16H2,1-2H3,(H,29,33,35)/t19-,21?/m0/s1. The molecule has 0 aromatic heterocycles. The topological polar surface area (TPSA) is 99.3 Å². The van der Waals surface area contributed by atoms with Crippen molar-refractivity contribution in [1.82, 2.24) is 15.1 Å². The molecule has 0 bridgehead atoms. The molecule has 4 aliphatic heterocycles. The lowest BCUT2D eigenvalue weighted by Crippen LogP contribution is -2.58. The van der Waals surface area contributed by atoms with Crippen molar-refractivity contribution in [2.24, 2.45) is 11.3 Å². The first kappa shape index (κ1) is 24.2. The van der Waals surface area contributed by atoms with Crippen LogP contribution < -0.4 is 15.0 Å². The molecule has 9 nitrogen and oxygen atoms in total. The lowest BCUT2D eigenvalue weighted by atomic mass is 9.58. The van der Waals surface area contributed by atoms with Crippen LogP contribution >= 0.6 is 0 Å². The molecule has 6 rings (SSSR count). The molecular formula is C28H36N4O5. The molecule has 198 valence electrons. The summed E-state index contributed by atoms with van der Waals surface area (Å²) in [4.78, 5) is 56.1. The zero-order valence-electron chi connectivity index (χ0n) is 21.8. The van der Waals surface area contributed by atoms with E-state index in [0.29, 0.717) is 61.7 Å². The summed E-state index contributed by atoms with van der Waals surface area (Å²) in [6.45, 7) is 7.41. The highest BCUT2D eigenvalue weighted by Gasteiger charge is 2.44. The minimum absolute atomic E-state index is 0.0818. The van der Waals surface area contributed by atoms with E-state index in [1.54, 1.807) is 11.0 Å². The average molecular weight is 509 g/mol. The van der Waals surface area contributed by atoms with Crippen molar-refractivity contribution in [3.63, 3.8) is 0 Å². The number of ether oxygens (including phenoxy) is 1. The van der Waals surface area contributed by atoms with E-state index in [2.05, 4.69) is 24.1 Å². The lowest BCUT2D eigenvalue weighted by molar-refractivity contribution is -0.137. The van der Waals surface area contributed by atoms with E-state index in [0.717, 1.165) is 17.8 Å². The minimum Gasteiger partial charge on any atom is -0.489 e. The Labute approximate surface area is 217 Å². The molecule has 3 fully saturated rings. The summed E-state index contributed by atoms with van der Waals surface area (Å²) >= 11 is 0. The van der Waals surface area contributed by atoms with E-state index < -0.39 is 11.9 Å².